The average Bonchev–Trinajstić information content (AvgIpc) is 3.53. The van der Waals surface area contributed by atoms with Crippen LogP contribution < -0.4 is 21.1 Å². The van der Waals surface area contributed by atoms with Crippen LogP contribution in [0.15, 0.2) is 41.6 Å². The smallest absolute Gasteiger partial charge is 0.316 e. The molecule has 1 unspecified atom stereocenters. The lowest BCUT2D eigenvalue weighted by Gasteiger charge is -2.18. The molecule has 1 aliphatic heterocycles. The molecule has 2 aromatic rings. The van der Waals surface area contributed by atoms with E-state index in [0.29, 0.717) is 0 Å². The molecule has 1 saturated carbocycles. The molecule has 1 fully saturated rings. The molecule has 2 N–H and O–H groups in total. The topological polar surface area (TPSA) is 87.6 Å². The van der Waals surface area contributed by atoms with Crippen molar-refractivity contribution in [2.75, 3.05) is 0 Å². The minimum Gasteiger partial charge on any atom is -0.368 e. The Labute approximate surface area is 155 Å². The van der Waals surface area contributed by atoms with E-state index >= 15 is 0 Å². The molecule has 0 saturated heterocycles. The first-order valence-electron chi connectivity index (χ1n) is 8.92. The molecule has 1 heterocycles. The number of hydrogen-bond acceptors (Lipinski definition) is 4. The Bertz CT molecular complexity index is 1070. The Balaban J connectivity index is 1.65. The molecule has 6 heteroatoms. The third-order valence-corrected chi connectivity index (χ3v) is 4.98. The zero-order chi connectivity index (χ0) is 19.0. The van der Waals surface area contributed by atoms with Gasteiger partial charge in [-0.05, 0) is 71.2 Å². The Morgan fingerprint density at radius 1 is 1.11 bits per heavy atom. The van der Waals surface area contributed by atoms with Crippen molar-refractivity contribution in [3.05, 3.63) is 62.9 Å². The molecule has 2 aliphatic rings. The number of fused-ring (bicyclic) bond motifs is 1. The van der Waals surface area contributed by atoms with E-state index in [2.05, 4.69) is 15.8 Å². The zero-order valence-electron chi connectivity index (χ0n) is 14.9. The van der Waals surface area contributed by atoms with Gasteiger partial charge in [0.2, 0.25) is 5.91 Å². The molecule has 0 bridgehead atoms. The Hall–Kier alpha value is -3.28. The third kappa shape index (κ3) is 3.51. The number of carbonyl (C=O) groups excluding carboxylic acids is 2. The van der Waals surface area contributed by atoms with E-state index in [1.165, 1.54) is 0 Å². The SMILES string of the molecule is Cc1ccc(C(=O)N=O)cc1-c1ccc2c(c1)=CNC(NC(=O)C1CC1)C=2. The van der Waals surface area contributed by atoms with Gasteiger partial charge in [-0.15, -0.1) is 4.91 Å². The molecule has 0 radical (unpaired) electrons. The van der Waals surface area contributed by atoms with Crippen molar-refractivity contribution in [3.63, 3.8) is 0 Å². The summed E-state index contributed by atoms with van der Waals surface area (Å²) in [5, 5.41) is 10.7. The van der Waals surface area contributed by atoms with E-state index in [-0.39, 0.29) is 23.6 Å². The molecule has 27 heavy (non-hydrogen) atoms. The van der Waals surface area contributed by atoms with Crippen molar-refractivity contribution in [2.24, 2.45) is 11.1 Å². The first-order valence-corrected chi connectivity index (χ1v) is 8.92. The first-order chi connectivity index (χ1) is 13.0. The number of benzene rings is 2. The fourth-order valence-corrected chi connectivity index (χ4v) is 3.25. The maximum atomic E-state index is 11.9. The van der Waals surface area contributed by atoms with Crippen LogP contribution in [0.4, 0.5) is 0 Å². The van der Waals surface area contributed by atoms with Crippen LogP contribution in [0.3, 0.4) is 0 Å². The summed E-state index contributed by atoms with van der Waals surface area (Å²) >= 11 is 0. The van der Waals surface area contributed by atoms with Gasteiger partial charge in [0.15, 0.2) is 0 Å². The van der Waals surface area contributed by atoms with Crippen molar-refractivity contribution in [2.45, 2.75) is 25.9 Å². The number of aryl methyl sites for hydroxylation is 1. The van der Waals surface area contributed by atoms with Crippen LogP contribution in [0, 0.1) is 17.7 Å². The van der Waals surface area contributed by atoms with Gasteiger partial charge in [-0.3, -0.25) is 9.59 Å². The molecule has 6 nitrogen and oxygen atoms in total. The van der Waals surface area contributed by atoms with Crippen molar-refractivity contribution in [3.8, 4) is 11.1 Å². The highest BCUT2D eigenvalue weighted by Crippen LogP contribution is 2.28. The summed E-state index contributed by atoms with van der Waals surface area (Å²) in [7, 11) is 0. The van der Waals surface area contributed by atoms with Crippen LogP contribution in [-0.4, -0.2) is 18.0 Å². The highest BCUT2D eigenvalue weighted by atomic mass is 16.3. The van der Waals surface area contributed by atoms with Gasteiger partial charge in [0, 0.05) is 22.9 Å². The second-order valence-electron chi connectivity index (χ2n) is 7.01. The lowest BCUT2D eigenvalue weighted by Crippen LogP contribution is -2.48. The fraction of sp³-hybridized carbons (Fsp3) is 0.238. The predicted octanol–water partition coefficient (Wildman–Crippen LogP) is 1.54. The van der Waals surface area contributed by atoms with E-state index < -0.39 is 5.91 Å². The van der Waals surface area contributed by atoms with Gasteiger partial charge in [0.25, 0.3) is 0 Å². The lowest BCUT2D eigenvalue weighted by molar-refractivity contribution is -0.122. The minimum atomic E-state index is -0.773. The maximum absolute atomic E-state index is 11.9. The monoisotopic (exact) mass is 361 g/mol. The molecule has 4 rings (SSSR count). The second kappa shape index (κ2) is 6.79. The number of amides is 2. The summed E-state index contributed by atoms with van der Waals surface area (Å²) in [4.78, 5) is 34.0. The Morgan fingerprint density at radius 3 is 2.67 bits per heavy atom. The van der Waals surface area contributed by atoms with Gasteiger partial charge < -0.3 is 10.6 Å². The highest BCUT2D eigenvalue weighted by Gasteiger charge is 2.30. The molecule has 136 valence electrons. The van der Waals surface area contributed by atoms with Crippen molar-refractivity contribution >= 4 is 24.1 Å². The number of nitrogens with one attached hydrogen (secondary N) is 2. The standard InChI is InChI=1S/C21H19N3O3/c1-12-2-3-16(21(26)24-27)9-18(12)15-7-6-14-10-19(22-11-17(14)8-15)23-20(25)13-4-5-13/h2-3,6-11,13,19,22H,4-5H2,1H3,(H,23,25). The summed E-state index contributed by atoms with van der Waals surface area (Å²) in [6, 6.07) is 11.1. The minimum absolute atomic E-state index is 0.0955. The quantitative estimate of drug-likeness (QED) is 0.809. The maximum Gasteiger partial charge on any atom is 0.316 e. The highest BCUT2D eigenvalue weighted by molar-refractivity contribution is 5.96. The molecular formula is C21H19N3O3. The number of carbonyl (C=O) groups is 2. The van der Waals surface area contributed by atoms with Crippen molar-refractivity contribution in [1.82, 2.24) is 10.6 Å². The van der Waals surface area contributed by atoms with E-state index in [9.17, 15) is 14.5 Å². The van der Waals surface area contributed by atoms with E-state index in [1.807, 2.05) is 43.5 Å². The van der Waals surface area contributed by atoms with Crippen LogP contribution in [-0.2, 0) is 4.79 Å². The molecule has 1 atom stereocenters. The van der Waals surface area contributed by atoms with E-state index in [0.717, 1.165) is 40.0 Å². The molecule has 2 amide bonds. The van der Waals surface area contributed by atoms with Crippen molar-refractivity contribution < 1.29 is 9.59 Å². The summed E-state index contributed by atoms with van der Waals surface area (Å²) in [6.07, 6.45) is 5.61. The van der Waals surface area contributed by atoms with Crippen LogP contribution >= 0.6 is 0 Å². The summed E-state index contributed by atoms with van der Waals surface area (Å²) < 4.78 is 0. The number of rotatable bonds is 4. The lowest BCUT2D eigenvalue weighted by atomic mass is 9.96. The van der Waals surface area contributed by atoms with Gasteiger partial charge >= 0.3 is 5.91 Å². The molecule has 2 aromatic carbocycles. The van der Waals surface area contributed by atoms with Crippen LogP contribution in [0.1, 0.15) is 28.8 Å². The largest absolute Gasteiger partial charge is 0.368 e. The summed E-state index contributed by atoms with van der Waals surface area (Å²) in [5.41, 5.74) is 3.10. The van der Waals surface area contributed by atoms with Crippen LogP contribution in [0.25, 0.3) is 23.4 Å². The average molecular weight is 361 g/mol. The second-order valence-corrected chi connectivity index (χ2v) is 7.01. The van der Waals surface area contributed by atoms with E-state index in [4.69, 9.17) is 0 Å². The molecule has 1 aliphatic carbocycles. The van der Waals surface area contributed by atoms with Gasteiger partial charge in [0.1, 0.15) is 6.17 Å². The molecule has 0 spiro atoms. The zero-order valence-corrected chi connectivity index (χ0v) is 14.9. The number of nitroso groups, excluding NO2 is 1. The Kier molecular flexibility index (Phi) is 4.32. The number of nitrogens with zero attached hydrogens (tertiary/aromatic N) is 1. The fourth-order valence-electron chi connectivity index (χ4n) is 3.25. The number of hydrogen-bond donors (Lipinski definition) is 2. The Morgan fingerprint density at radius 2 is 1.93 bits per heavy atom. The van der Waals surface area contributed by atoms with Gasteiger partial charge in [0.05, 0.1) is 0 Å². The summed E-state index contributed by atoms with van der Waals surface area (Å²) in [5.74, 6) is -0.508. The predicted molar refractivity (Wildman–Crippen MR) is 103 cm³/mol. The first kappa shape index (κ1) is 17.1. The van der Waals surface area contributed by atoms with Gasteiger partial charge in [-0.2, -0.15) is 0 Å². The van der Waals surface area contributed by atoms with E-state index in [1.54, 1.807) is 12.1 Å². The van der Waals surface area contributed by atoms with Crippen LogP contribution in [0.5, 0.6) is 0 Å². The summed E-state index contributed by atoms with van der Waals surface area (Å²) in [6.45, 7) is 1.95. The van der Waals surface area contributed by atoms with Crippen LogP contribution in [0.2, 0.25) is 0 Å². The van der Waals surface area contributed by atoms with Gasteiger partial charge in [-0.25, -0.2) is 0 Å². The van der Waals surface area contributed by atoms with Crippen molar-refractivity contribution in [1.29, 1.82) is 0 Å². The third-order valence-electron chi connectivity index (χ3n) is 4.98. The molecular weight excluding hydrogens is 342 g/mol. The van der Waals surface area contributed by atoms with Gasteiger partial charge in [-0.1, -0.05) is 18.2 Å². The molecule has 0 aromatic heterocycles. The normalized spacial score (nSPS) is 17.6.